The number of carbonyl (C=O) groups excluding carboxylic acids is 3. The van der Waals surface area contributed by atoms with Gasteiger partial charge >= 0.3 is 6.03 Å². The highest BCUT2D eigenvalue weighted by Crippen LogP contribution is 2.33. The highest BCUT2D eigenvalue weighted by atomic mass is 35.5. The summed E-state index contributed by atoms with van der Waals surface area (Å²) in [5.41, 5.74) is 0.315. The number of carbonyl (C=O) groups is 3. The average Bonchev–Trinajstić information content (AvgIpc) is 3.23. The van der Waals surface area contributed by atoms with Gasteiger partial charge in [0, 0.05) is 35.5 Å². The summed E-state index contributed by atoms with van der Waals surface area (Å²) in [5.74, 6) is -0.470. The van der Waals surface area contributed by atoms with Gasteiger partial charge in [-0.25, -0.2) is 9.78 Å². The van der Waals surface area contributed by atoms with Crippen molar-refractivity contribution < 1.29 is 14.4 Å². The predicted molar refractivity (Wildman–Crippen MR) is 116 cm³/mol. The minimum Gasteiger partial charge on any atom is -0.323 e. The van der Waals surface area contributed by atoms with Crippen LogP contribution in [0.5, 0.6) is 0 Å². The van der Waals surface area contributed by atoms with E-state index >= 15 is 0 Å². The number of rotatable bonds is 6. The minimum absolute atomic E-state index is 0.0401. The summed E-state index contributed by atoms with van der Waals surface area (Å²) in [5, 5.41) is 6.80. The number of halogens is 1. The molecule has 1 aliphatic heterocycles. The molecule has 7 nitrogen and oxygen atoms in total. The van der Waals surface area contributed by atoms with E-state index in [1.54, 1.807) is 6.20 Å². The van der Waals surface area contributed by atoms with E-state index in [-0.39, 0.29) is 24.8 Å². The van der Waals surface area contributed by atoms with Crippen LogP contribution >= 0.6 is 22.9 Å². The lowest BCUT2D eigenvalue weighted by molar-refractivity contribution is -0.132. The van der Waals surface area contributed by atoms with Crippen molar-refractivity contribution in [3.05, 3.63) is 45.9 Å². The number of nitrogens with zero attached hydrogens (tertiary/aromatic N) is 2. The number of hydrogen-bond donors (Lipinski definition) is 2. The zero-order valence-corrected chi connectivity index (χ0v) is 18.0. The van der Waals surface area contributed by atoms with Crippen molar-refractivity contribution in [2.45, 2.75) is 50.5 Å². The third kappa shape index (κ3) is 4.49. The molecule has 1 saturated carbocycles. The quantitative estimate of drug-likeness (QED) is 0.657. The summed E-state index contributed by atoms with van der Waals surface area (Å²) < 4.78 is 0. The van der Waals surface area contributed by atoms with Crippen molar-refractivity contribution in [3.63, 3.8) is 0 Å². The molecular weight excluding hydrogens is 424 g/mol. The molecule has 1 aromatic heterocycles. The first-order valence-electron chi connectivity index (χ1n) is 10.1. The first-order valence-corrected chi connectivity index (χ1v) is 11.3. The Bertz CT molecular complexity index is 971. The Labute approximate surface area is 183 Å². The zero-order chi connectivity index (χ0) is 21.1. The lowest BCUT2D eigenvalue weighted by Crippen LogP contribution is -2.48. The van der Waals surface area contributed by atoms with Gasteiger partial charge in [0.2, 0.25) is 5.91 Å². The molecule has 4 amide bonds. The fraction of sp³-hybridized carbons (Fsp3) is 0.429. The molecule has 1 saturated heterocycles. The van der Waals surface area contributed by atoms with E-state index in [4.69, 9.17) is 11.6 Å². The van der Waals surface area contributed by atoms with Crippen molar-refractivity contribution in [2.75, 3.05) is 11.9 Å². The molecule has 0 radical (unpaired) electrons. The molecule has 2 aliphatic rings. The number of benzene rings is 1. The van der Waals surface area contributed by atoms with Gasteiger partial charge in [-0.15, -0.1) is 11.3 Å². The van der Waals surface area contributed by atoms with Gasteiger partial charge < -0.3 is 10.6 Å². The monoisotopic (exact) mass is 446 g/mol. The number of imide groups is 1. The molecule has 0 atom stereocenters. The van der Waals surface area contributed by atoms with E-state index in [1.165, 1.54) is 16.2 Å². The molecule has 0 bridgehead atoms. The van der Waals surface area contributed by atoms with E-state index in [2.05, 4.69) is 15.6 Å². The predicted octanol–water partition coefficient (Wildman–Crippen LogP) is 3.97. The number of hydrogen-bond acceptors (Lipinski definition) is 5. The second-order valence-electron chi connectivity index (χ2n) is 7.77. The maximum atomic E-state index is 12.8. The molecule has 30 heavy (non-hydrogen) atoms. The first-order chi connectivity index (χ1) is 14.4. The Morgan fingerprint density at radius 2 is 2.07 bits per heavy atom. The van der Waals surface area contributed by atoms with Crippen LogP contribution in [0.15, 0.2) is 30.5 Å². The molecule has 0 unspecified atom stereocenters. The number of amides is 4. The van der Waals surface area contributed by atoms with Crippen LogP contribution in [0.4, 0.5) is 9.93 Å². The maximum Gasteiger partial charge on any atom is 0.325 e. The second kappa shape index (κ2) is 8.73. The third-order valence-corrected chi connectivity index (χ3v) is 6.73. The lowest BCUT2D eigenvalue weighted by atomic mass is 9.82. The molecule has 1 aromatic carbocycles. The fourth-order valence-electron chi connectivity index (χ4n) is 4.06. The number of anilines is 1. The minimum atomic E-state index is -0.754. The van der Waals surface area contributed by atoms with Gasteiger partial charge in [0.25, 0.3) is 5.91 Å². The Morgan fingerprint density at radius 3 is 2.83 bits per heavy atom. The SMILES string of the molecule is O=C(CCN1C(=O)NC2(CCCCC2)C1=O)Nc1ncc(Cc2cccc(Cl)c2)s1. The Balaban J connectivity index is 1.29. The first kappa shape index (κ1) is 20.8. The van der Waals surface area contributed by atoms with E-state index in [1.807, 2.05) is 24.3 Å². The van der Waals surface area contributed by atoms with Crippen molar-refractivity contribution in [2.24, 2.45) is 0 Å². The highest BCUT2D eigenvalue weighted by Gasteiger charge is 2.51. The van der Waals surface area contributed by atoms with Gasteiger partial charge in [-0.2, -0.15) is 0 Å². The normalized spacial score (nSPS) is 18.0. The zero-order valence-electron chi connectivity index (χ0n) is 16.4. The van der Waals surface area contributed by atoms with E-state index in [9.17, 15) is 14.4 Å². The topological polar surface area (TPSA) is 91.4 Å². The number of aromatic nitrogens is 1. The van der Waals surface area contributed by atoms with Gasteiger partial charge in [0.1, 0.15) is 5.54 Å². The molecule has 9 heteroatoms. The highest BCUT2D eigenvalue weighted by molar-refractivity contribution is 7.15. The van der Waals surface area contributed by atoms with Crippen LogP contribution in [0.25, 0.3) is 0 Å². The lowest BCUT2D eigenvalue weighted by Gasteiger charge is -2.30. The standard InChI is InChI=1S/C21H23ClN4O3S/c22-15-6-4-5-14(11-15)12-16-13-23-19(30-16)24-17(27)7-10-26-18(28)21(25-20(26)29)8-2-1-3-9-21/h4-6,11,13H,1-3,7-10,12H2,(H,25,29)(H,23,24,27). The summed E-state index contributed by atoms with van der Waals surface area (Å²) in [6, 6.07) is 7.21. The van der Waals surface area contributed by atoms with Crippen LogP contribution in [0.2, 0.25) is 5.02 Å². The van der Waals surface area contributed by atoms with Crippen molar-refractivity contribution >= 4 is 45.9 Å². The van der Waals surface area contributed by atoms with E-state index in [0.717, 1.165) is 29.7 Å². The summed E-state index contributed by atoms with van der Waals surface area (Å²) in [7, 11) is 0. The largest absolute Gasteiger partial charge is 0.325 e. The molecule has 2 heterocycles. The van der Waals surface area contributed by atoms with Crippen molar-refractivity contribution in [1.82, 2.24) is 15.2 Å². The van der Waals surface area contributed by atoms with Crippen LogP contribution in [0, 0.1) is 0 Å². The van der Waals surface area contributed by atoms with Gasteiger partial charge in [-0.05, 0) is 30.5 Å². The van der Waals surface area contributed by atoms with E-state index in [0.29, 0.717) is 29.4 Å². The van der Waals surface area contributed by atoms with Gasteiger partial charge in [0.05, 0.1) is 0 Å². The number of thiazole rings is 1. The van der Waals surface area contributed by atoms with Crippen LogP contribution < -0.4 is 10.6 Å². The summed E-state index contributed by atoms with van der Waals surface area (Å²) in [6.45, 7) is 0.0684. The molecule has 158 valence electrons. The van der Waals surface area contributed by atoms with Crippen LogP contribution in [0.3, 0.4) is 0 Å². The Hall–Kier alpha value is -2.45. The molecule has 2 N–H and O–H groups in total. The van der Waals surface area contributed by atoms with Crippen LogP contribution in [-0.2, 0) is 16.0 Å². The van der Waals surface area contributed by atoms with Crippen molar-refractivity contribution in [3.8, 4) is 0 Å². The summed E-state index contributed by atoms with van der Waals surface area (Å²) >= 11 is 7.41. The molecular formula is C21H23ClN4O3S. The van der Waals surface area contributed by atoms with E-state index < -0.39 is 11.6 Å². The third-order valence-electron chi connectivity index (χ3n) is 5.58. The Morgan fingerprint density at radius 1 is 1.27 bits per heavy atom. The smallest absolute Gasteiger partial charge is 0.323 e. The molecule has 1 aliphatic carbocycles. The maximum absolute atomic E-state index is 12.8. The van der Waals surface area contributed by atoms with Gasteiger partial charge in [-0.3, -0.25) is 14.5 Å². The Kier molecular flexibility index (Phi) is 6.06. The molecule has 1 spiro atoms. The fourth-order valence-corrected chi connectivity index (χ4v) is 5.14. The number of nitrogens with one attached hydrogen (secondary N) is 2. The van der Waals surface area contributed by atoms with Crippen LogP contribution in [0.1, 0.15) is 49.0 Å². The number of urea groups is 1. The molecule has 4 rings (SSSR count). The van der Waals surface area contributed by atoms with Crippen LogP contribution in [-0.4, -0.2) is 39.8 Å². The summed E-state index contributed by atoms with van der Waals surface area (Å²) in [4.78, 5) is 43.8. The van der Waals surface area contributed by atoms with Crippen molar-refractivity contribution in [1.29, 1.82) is 0 Å². The molecule has 2 aromatic rings. The summed E-state index contributed by atoms with van der Waals surface area (Å²) in [6.07, 6.45) is 6.75. The second-order valence-corrected chi connectivity index (χ2v) is 9.32. The molecule has 2 fully saturated rings. The van der Waals surface area contributed by atoms with Gasteiger partial charge in [-0.1, -0.05) is 43.0 Å². The van der Waals surface area contributed by atoms with Gasteiger partial charge in [0.15, 0.2) is 5.13 Å². The average molecular weight is 447 g/mol.